The number of benzene rings is 3. The fraction of sp³-hybridized carbons (Fsp3) is 0.367. The quantitative estimate of drug-likeness (QED) is 0.359. The van der Waals surface area contributed by atoms with Gasteiger partial charge < -0.3 is 26.6 Å². The van der Waals surface area contributed by atoms with Gasteiger partial charge in [-0.15, -0.1) is 0 Å². The highest BCUT2D eigenvalue weighted by molar-refractivity contribution is 5.82. The van der Waals surface area contributed by atoms with Crippen LogP contribution in [-0.2, 0) is 30.5 Å². The summed E-state index contributed by atoms with van der Waals surface area (Å²) in [6.07, 6.45) is 4.03. The van der Waals surface area contributed by atoms with E-state index in [1.165, 1.54) is 11.1 Å². The molecule has 0 saturated carbocycles. The van der Waals surface area contributed by atoms with Gasteiger partial charge in [0, 0.05) is 12.2 Å². The first kappa shape index (κ1) is 24.2. The van der Waals surface area contributed by atoms with Crippen LogP contribution in [0.5, 0.6) is 11.5 Å². The van der Waals surface area contributed by atoms with Crippen LogP contribution in [0.4, 0.5) is 5.69 Å². The van der Waals surface area contributed by atoms with Gasteiger partial charge in [0.25, 0.3) is 0 Å². The molecule has 3 unspecified atom stereocenters. The van der Waals surface area contributed by atoms with E-state index in [1.807, 2.05) is 19.9 Å². The summed E-state index contributed by atoms with van der Waals surface area (Å²) in [6.45, 7) is 4.66. The minimum absolute atomic E-state index is 0.0911. The Morgan fingerprint density at radius 2 is 1.89 bits per heavy atom. The van der Waals surface area contributed by atoms with Crippen molar-refractivity contribution in [2.75, 3.05) is 11.9 Å². The van der Waals surface area contributed by atoms with Gasteiger partial charge in [0.1, 0.15) is 11.5 Å². The molecular formula is C30H35N3O3. The summed E-state index contributed by atoms with van der Waals surface area (Å²) >= 11 is 0. The number of phenolic OH excluding ortho intramolecular Hbond substituents is 2. The zero-order valence-electron chi connectivity index (χ0n) is 21.0. The van der Waals surface area contributed by atoms with Crippen molar-refractivity contribution in [3.05, 3.63) is 87.5 Å². The summed E-state index contributed by atoms with van der Waals surface area (Å²) in [4.78, 5) is 13.1. The average Bonchev–Trinajstić information content (AvgIpc) is 3.25. The SMILES string of the molecule is Cc1cc(O)cc(C)c1CC(N)C(=O)NC1CCNc2ccc(CC3Cc4cccc(O)c4C3)cc21. The maximum Gasteiger partial charge on any atom is 0.237 e. The van der Waals surface area contributed by atoms with Crippen molar-refractivity contribution >= 4 is 11.6 Å². The van der Waals surface area contributed by atoms with Gasteiger partial charge in [-0.05, 0) is 115 Å². The minimum Gasteiger partial charge on any atom is -0.508 e. The summed E-state index contributed by atoms with van der Waals surface area (Å²) in [7, 11) is 0. The van der Waals surface area contributed by atoms with Gasteiger partial charge in [0.2, 0.25) is 5.91 Å². The Hall–Kier alpha value is -3.51. The predicted molar refractivity (Wildman–Crippen MR) is 142 cm³/mol. The molecule has 0 saturated heterocycles. The molecule has 0 aromatic heterocycles. The number of rotatable bonds is 6. The van der Waals surface area contributed by atoms with E-state index in [4.69, 9.17) is 5.73 Å². The Labute approximate surface area is 212 Å². The van der Waals surface area contributed by atoms with Gasteiger partial charge >= 0.3 is 0 Å². The van der Waals surface area contributed by atoms with E-state index in [0.29, 0.717) is 18.1 Å². The number of nitrogens with two attached hydrogens (primary N) is 1. The second kappa shape index (κ2) is 9.86. The van der Waals surface area contributed by atoms with Crippen molar-refractivity contribution in [2.45, 2.75) is 58.0 Å². The number of nitrogens with one attached hydrogen (secondary N) is 2. The number of amides is 1. The van der Waals surface area contributed by atoms with Gasteiger partial charge in [-0.1, -0.05) is 24.3 Å². The first-order valence-corrected chi connectivity index (χ1v) is 12.8. The molecule has 1 amide bonds. The second-order valence-corrected chi connectivity index (χ2v) is 10.5. The van der Waals surface area contributed by atoms with E-state index >= 15 is 0 Å². The van der Waals surface area contributed by atoms with Crippen LogP contribution in [0.25, 0.3) is 0 Å². The monoisotopic (exact) mass is 485 g/mol. The molecular weight excluding hydrogens is 450 g/mol. The topological polar surface area (TPSA) is 108 Å². The number of carbonyl (C=O) groups is 1. The van der Waals surface area contributed by atoms with E-state index in [9.17, 15) is 15.0 Å². The summed E-state index contributed by atoms with van der Waals surface area (Å²) in [6, 6.07) is 15.0. The summed E-state index contributed by atoms with van der Waals surface area (Å²) in [5.74, 6) is 0.932. The second-order valence-electron chi connectivity index (χ2n) is 10.5. The lowest BCUT2D eigenvalue weighted by atomic mass is 9.91. The number of aryl methyl sites for hydroxylation is 2. The lowest BCUT2D eigenvalue weighted by molar-refractivity contribution is -0.123. The lowest BCUT2D eigenvalue weighted by Gasteiger charge is -2.29. The van der Waals surface area contributed by atoms with E-state index in [1.54, 1.807) is 18.2 Å². The number of aromatic hydroxyl groups is 2. The van der Waals surface area contributed by atoms with E-state index in [0.717, 1.165) is 65.7 Å². The number of hydrogen-bond donors (Lipinski definition) is 5. The molecule has 3 aromatic rings. The molecule has 188 valence electrons. The van der Waals surface area contributed by atoms with Crippen LogP contribution in [0.1, 0.15) is 51.4 Å². The van der Waals surface area contributed by atoms with E-state index in [2.05, 4.69) is 34.9 Å². The van der Waals surface area contributed by atoms with Crippen LogP contribution in [0.3, 0.4) is 0 Å². The van der Waals surface area contributed by atoms with E-state index in [-0.39, 0.29) is 17.7 Å². The third-order valence-electron chi connectivity index (χ3n) is 7.77. The van der Waals surface area contributed by atoms with Gasteiger partial charge in [-0.3, -0.25) is 4.79 Å². The molecule has 6 heteroatoms. The smallest absolute Gasteiger partial charge is 0.237 e. The Bertz CT molecular complexity index is 1280. The zero-order chi connectivity index (χ0) is 25.4. The van der Waals surface area contributed by atoms with Crippen LogP contribution in [0.15, 0.2) is 48.5 Å². The summed E-state index contributed by atoms with van der Waals surface area (Å²) < 4.78 is 0. The molecule has 1 aliphatic carbocycles. The lowest BCUT2D eigenvalue weighted by Crippen LogP contribution is -2.44. The molecule has 3 atom stereocenters. The van der Waals surface area contributed by atoms with Gasteiger partial charge in [-0.25, -0.2) is 0 Å². The first-order chi connectivity index (χ1) is 17.3. The largest absolute Gasteiger partial charge is 0.508 e. The fourth-order valence-electron chi connectivity index (χ4n) is 5.93. The molecule has 1 aliphatic heterocycles. The highest BCUT2D eigenvalue weighted by Crippen LogP contribution is 2.36. The highest BCUT2D eigenvalue weighted by Gasteiger charge is 2.27. The van der Waals surface area contributed by atoms with Gasteiger partial charge in [-0.2, -0.15) is 0 Å². The zero-order valence-corrected chi connectivity index (χ0v) is 21.0. The fourth-order valence-corrected chi connectivity index (χ4v) is 5.93. The maximum absolute atomic E-state index is 13.1. The van der Waals surface area contributed by atoms with Crippen molar-refractivity contribution in [2.24, 2.45) is 11.7 Å². The minimum atomic E-state index is -0.668. The molecule has 3 aromatic carbocycles. The number of fused-ring (bicyclic) bond motifs is 2. The Kier molecular flexibility index (Phi) is 6.63. The number of phenols is 2. The number of anilines is 1. The molecule has 2 aliphatic rings. The molecule has 1 heterocycles. The number of carbonyl (C=O) groups excluding carboxylic acids is 1. The van der Waals surface area contributed by atoms with Gasteiger partial charge in [0.05, 0.1) is 12.1 Å². The molecule has 0 spiro atoms. The molecule has 0 bridgehead atoms. The van der Waals surface area contributed by atoms with Crippen LogP contribution in [0, 0.1) is 19.8 Å². The molecule has 36 heavy (non-hydrogen) atoms. The van der Waals surface area contributed by atoms with E-state index < -0.39 is 6.04 Å². The summed E-state index contributed by atoms with van der Waals surface area (Å²) in [5.41, 5.74) is 15.0. The Morgan fingerprint density at radius 1 is 1.11 bits per heavy atom. The van der Waals surface area contributed by atoms with Crippen molar-refractivity contribution in [3.63, 3.8) is 0 Å². The highest BCUT2D eigenvalue weighted by atomic mass is 16.3. The normalized spacial score (nSPS) is 19.2. The number of hydrogen-bond acceptors (Lipinski definition) is 5. The third-order valence-corrected chi connectivity index (χ3v) is 7.77. The maximum atomic E-state index is 13.1. The van der Waals surface area contributed by atoms with Crippen LogP contribution in [0.2, 0.25) is 0 Å². The molecule has 6 N–H and O–H groups in total. The van der Waals surface area contributed by atoms with Crippen LogP contribution >= 0.6 is 0 Å². The molecule has 6 nitrogen and oxygen atoms in total. The van der Waals surface area contributed by atoms with Crippen LogP contribution < -0.4 is 16.4 Å². The Morgan fingerprint density at radius 3 is 2.64 bits per heavy atom. The van der Waals surface area contributed by atoms with Crippen molar-refractivity contribution < 1.29 is 15.0 Å². The van der Waals surface area contributed by atoms with Crippen molar-refractivity contribution in [3.8, 4) is 11.5 Å². The molecule has 0 radical (unpaired) electrons. The summed E-state index contributed by atoms with van der Waals surface area (Å²) in [5, 5.41) is 26.7. The van der Waals surface area contributed by atoms with Crippen molar-refractivity contribution in [1.82, 2.24) is 5.32 Å². The van der Waals surface area contributed by atoms with Crippen LogP contribution in [-0.4, -0.2) is 28.7 Å². The Balaban J connectivity index is 1.27. The predicted octanol–water partition coefficient (Wildman–Crippen LogP) is 4.22. The molecule has 0 fully saturated rings. The van der Waals surface area contributed by atoms with Crippen molar-refractivity contribution in [1.29, 1.82) is 0 Å². The van der Waals surface area contributed by atoms with Gasteiger partial charge in [0.15, 0.2) is 0 Å². The standard InChI is InChI=1S/C30H35N3O3/c1-17-10-22(34)11-18(2)23(17)16-26(31)30(36)33-28-8-9-32-27-7-6-19(14-25(27)28)12-20-13-21-4-3-5-29(35)24(21)15-20/h3-7,10-11,14,20,26,28,32,34-35H,8-9,12-13,15-16,31H2,1-2H3,(H,33,36). The third kappa shape index (κ3) is 4.91. The average molecular weight is 486 g/mol. The first-order valence-electron chi connectivity index (χ1n) is 12.8. The molecule has 5 rings (SSSR count).